The maximum absolute atomic E-state index is 14.8. The molecule has 15 heteroatoms. The van der Waals surface area contributed by atoms with E-state index in [1.54, 1.807) is 13.8 Å². The quantitative estimate of drug-likeness (QED) is 0.234. The van der Waals surface area contributed by atoms with Crippen molar-refractivity contribution in [1.82, 2.24) is 14.6 Å². The van der Waals surface area contributed by atoms with Gasteiger partial charge in [0.25, 0.3) is 0 Å². The van der Waals surface area contributed by atoms with E-state index < -0.39 is 73.1 Å². The molecule has 0 radical (unpaired) electrons. The number of sulfonamides is 1. The van der Waals surface area contributed by atoms with E-state index >= 15 is 0 Å². The Morgan fingerprint density at radius 2 is 1.81 bits per heavy atom. The highest BCUT2D eigenvalue weighted by Crippen LogP contribution is 2.58. The van der Waals surface area contributed by atoms with Crippen molar-refractivity contribution in [2.24, 2.45) is 22.7 Å². The fourth-order valence-electron chi connectivity index (χ4n) is 8.90. The predicted molar refractivity (Wildman–Crippen MR) is 209 cm³/mol. The third-order valence-corrected chi connectivity index (χ3v) is 15.0. The molecule has 5 unspecified atom stereocenters. The molecule has 5 atom stereocenters. The Hall–Kier alpha value is -4.01. The fraction of sp³-hybridized carbons (Fsp3) is 0.651. The van der Waals surface area contributed by atoms with Crippen molar-refractivity contribution in [3.8, 4) is 5.75 Å². The molecule has 1 saturated heterocycles. The van der Waals surface area contributed by atoms with E-state index in [0.717, 1.165) is 25.0 Å². The van der Waals surface area contributed by atoms with Gasteiger partial charge in [-0.05, 0) is 94.7 Å². The number of carbonyl (C=O) groups excluding carboxylic acids is 4. The number of amides is 2. The molecule has 1 N–H and O–H groups in total. The molecule has 58 heavy (non-hydrogen) atoms. The molecule has 0 bridgehead atoms. The number of aromatic nitrogens is 1. The Labute approximate surface area is 337 Å². The highest BCUT2D eigenvalue weighted by molar-refractivity contribution is 7.91. The van der Waals surface area contributed by atoms with E-state index in [0.29, 0.717) is 60.0 Å². The van der Waals surface area contributed by atoms with E-state index in [2.05, 4.69) is 9.71 Å². The molecule has 11 nitrogen and oxygen atoms in total. The van der Waals surface area contributed by atoms with Crippen LogP contribution in [-0.2, 0) is 46.5 Å². The van der Waals surface area contributed by atoms with Crippen LogP contribution in [0.1, 0.15) is 122 Å². The van der Waals surface area contributed by atoms with Gasteiger partial charge in [-0.3, -0.25) is 23.9 Å². The van der Waals surface area contributed by atoms with Gasteiger partial charge >= 0.3 is 12.1 Å². The van der Waals surface area contributed by atoms with Crippen LogP contribution in [0.3, 0.4) is 0 Å². The number of esters is 1. The van der Waals surface area contributed by atoms with Crippen LogP contribution in [0.5, 0.6) is 5.75 Å². The third-order valence-electron chi connectivity index (χ3n) is 12.9. The average molecular weight is 830 g/mol. The number of halogens is 3. The maximum Gasteiger partial charge on any atom is 0.416 e. The lowest BCUT2D eigenvalue weighted by Crippen LogP contribution is -2.48. The van der Waals surface area contributed by atoms with Crippen molar-refractivity contribution in [1.29, 1.82) is 0 Å². The van der Waals surface area contributed by atoms with Crippen LogP contribution >= 0.6 is 0 Å². The first-order valence-corrected chi connectivity index (χ1v) is 22.0. The number of alkyl halides is 3. The number of ether oxygens (including phenoxy) is 2. The second-order valence-electron chi connectivity index (χ2n) is 18.9. The minimum atomic E-state index is -4.57. The summed E-state index contributed by atoms with van der Waals surface area (Å²) in [5, 5.41) is 0.315. The van der Waals surface area contributed by atoms with Crippen molar-refractivity contribution >= 4 is 44.5 Å². The molecule has 7 rings (SSSR count). The molecule has 3 fully saturated rings. The number of hydrogen-bond acceptors (Lipinski definition) is 9. The highest BCUT2D eigenvalue weighted by atomic mass is 32.2. The number of fused-ring (bicyclic) bond motifs is 5. The predicted octanol–water partition coefficient (Wildman–Crippen LogP) is 7.31. The van der Waals surface area contributed by atoms with Gasteiger partial charge in [0.05, 0.1) is 52.6 Å². The minimum absolute atomic E-state index is 0.0346. The van der Waals surface area contributed by atoms with Gasteiger partial charge in [0.1, 0.15) is 11.4 Å². The average Bonchev–Trinajstić information content (AvgIpc) is 4.03. The summed E-state index contributed by atoms with van der Waals surface area (Å²) >= 11 is 0. The zero-order chi connectivity index (χ0) is 42.1. The van der Waals surface area contributed by atoms with Crippen LogP contribution < -0.4 is 9.46 Å². The summed E-state index contributed by atoms with van der Waals surface area (Å²) < 4.78 is 81.4. The summed E-state index contributed by atoms with van der Waals surface area (Å²) in [4.78, 5) is 62.9. The van der Waals surface area contributed by atoms with Crippen LogP contribution in [0.25, 0.3) is 10.9 Å². The smallest absolute Gasteiger partial charge is 0.416 e. The summed E-state index contributed by atoms with van der Waals surface area (Å²) in [6, 6.07) is 2.33. The van der Waals surface area contributed by atoms with E-state index in [9.17, 15) is 40.8 Å². The number of rotatable bonds is 6. The summed E-state index contributed by atoms with van der Waals surface area (Å²) in [5.41, 5.74) is -2.16. The second kappa shape index (κ2) is 14.9. The molecular formula is C43H54F3N3O8S. The summed E-state index contributed by atoms with van der Waals surface area (Å²) in [5.74, 6) is -2.97. The molecule has 2 aliphatic carbocycles. The number of Topliss-reactive ketones (excluding diaryl/α,β-unsaturated/α-hetero) is 1. The summed E-state index contributed by atoms with van der Waals surface area (Å²) in [6.45, 7) is 9.21. The largest absolute Gasteiger partial charge is 0.483 e. The topological polar surface area (TPSA) is 149 Å². The van der Waals surface area contributed by atoms with Crippen LogP contribution in [0.2, 0.25) is 0 Å². The van der Waals surface area contributed by atoms with Crippen molar-refractivity contribution in [2.45, 2.75) is 141 Å². The zero-order valence-electron chi connectivity index (χ0n) is 33.9. The number of aryl methyl sites for hydroxylation is 2. The van der Waals surface area contributed by atoms with Crippen molar-refractivity contribution in [3.05, 3.63) is 47.2 Å². The summed E-state index contributed by atoms with van der Waals surface area (Å²) in [7, 11) is -4.00. The van der Waals surface area contributed by atoms with Crippen LogP contribution in [0, 0.1) is 29.6 Å². The van der Waals surface area contributed by atoms with Crippen LogP contribution in [0.15, 0.2) is 30.4 Å². The molecule has 316 valence electrons. The number of pyridine rings is 1. The molecule has 4 heterocycles. The number of carbonyl (C=O) groups is 4. The van der Waals surface area contributed by atoms with Gasteiger partial charge in [-0.15, -0.1) is 0 Å². The number of nitrogens with zero attached hydrogens (tertiary/aromatic N) is 2. The van der Waals surface area contributed by atoms with Gasteiger partial charge in [-0.25, -0.2) is 13.4 Å². The first-order valence-electron chi connectivity index (χ1n) is 20.5. The van der Waals surface area contributed by atoms with Gasteiger partial charge in [0.2, 0.25) is 21.8 Å². The Morgan fingerprint density at radius 1 is 1.07 bits per heavy atom. The lowest BCUT2D eigenvalue weighted by molar-refractivity contribution is -0.152. The normalized spacial score (nSPS) is 29.3. The first-order chi connectivity index (χ1) is 27.1. The molecule has 3 aliphatic heterocycles. The molecule has 2 aromatic rings. The van der Waals surface area contributed by atoms with Gasteiger partial charge in [0.15, 0.2) is 5.78 Å². The van der Waals surface area contributed by atoms with Crippen LogP contribution in [-0.4, -0.2) is 71.4 Å². The van der Waals surface area contributed by atoms with Gasteiger partial charge < -0.3 is 14.4 Å². The lowest BCUT2D eigenvalue weighted by atomic mass is 9.85. The van der Waals surface area contributed by atoms with Gasteiger partial charge in [-0.1, -0.05) is 45.8 Å². The van der Waals surface area contributed by atoms with E-state index in [4.69, 9.17) is 9.47 Å². The number of benzene rings is 1. The van der Waals surface area contributed by atoms with Crippen molar-refractivity contribution < 1.29 is 50.2 Å². The molecular weight excluding hydrogens is 776 g/mol. The number of nitrogens with one attached hydrogen (secondary N) is 1. The van der Waals surface area contributed by atoms with Crippen molar-refractivity contribution in [3.63, 3.8) is 0 Å². The standard InChI is InChI=1S/C43H54F3N3O8S/c1-26-36-30(31-20-28(43(44,45)46)13-14-32(31)47-26)15-16-41(57-36)22-33-34(50)23-42(38(53)48-58(54,55)40(5)17-18-40)21-29(42)12-10-8-6-7-9-11-27(37(52)49(33)24-41)19-35(51)56-25-39(2,3)4/h10,12-14,20,27,29,33H,6-9,11,15-19,21-25H2,1-5H3,(H,48,53)/b12-10-. The number of allylic oxidation sites excluding steroid dienone is 2. The Morgan fingerprint density at radius 3 is 2.50 bits per heavy atom. The number of hydrogen-bond donors (Lipinski definition) is 1. The molecule has 1 aromatic heterocycles. The Kier molecular flexibility index (Phi) is 10.8. The molecule has 1 spiro atoms. The highest BCUT2D eigenvalue weighted by Gasteiger charge is 2.63. The monoisotopic (exact) mass is 829 g/mol. The second-order valence-corrected chi connectivity index (χ2v) is 21.1. The van der Waals surface area contributed by atoms with E-state index in [1.807, 2.05) is 32.9 Å². The van der Waals surface area contributed by atoms with Gasteiger partial charge in [0, 0.05) is 29.7 Å². The van der Waals surface area contributed by atoms with Gasteiger partial charge in [-0.2, -0.15) is 13.2 Å². The fourth-order valence-corrected chi connectivity index (χ4v) is 10.2. The summed E-state index contributed by atoms with van der Waals surface area (Å²) in [6.07, 6.45) is 3.78. The molecule has 2 saturated carbocycles. The first kappa shape index (κ1) is 42.1. The molecule has 1 aromatic carbocycles. The Bertz CT molecular complexity index is 2160. The molecule has 2 amide bonds. The molecule has 5 aliphatic rings. The Balaban J connectivity index is 1.24. The van der Waals surface area contributed by atoms with Crippen LogP contribution in [0.4, 0.5) is 13.2 Å². The van der Waals surface area contributed by atoms with E-state index in [-0.39, 0.29) is 63.0 Å². The van der Waals surface area contributed by atoms with E-state index in [1.165, 1.54) is 11.0 Å². The SMILES string of the molecule is Cc1nc2ccc(C(F)(F)F)cc2c2c1OC1(CC2)CC2C(=O)CC3(C(=O)NS(=O)(=O)C4(C)CC4)CC3/C=C\CCCCCC(CC(=O)OCC(C)(C)C)C(=O)N2C1. The lowest BCUT2D eigenvalue weighted by Gasteiger charge is -2.37. The third kappa shape index (κ3) is 8.38. The zero-order valence-corrected chi connectivity index (χ0v) is 34.7. The minimum Gasteiger partial charge on any atom is -0.483 e. The van der Waals surface area contributed by atoms with Crippen molar-refractivity contribution in [2.75, 3.05) is 13.2 Å². The number of ketones is 1. The maximum atomic E-state index is 14.8.